The van der Waals surface area contributed by atoms with Gasteiger partial charge in [-0.2, -0.15) is 0 Å². The van der Waals surface area contributed by atoms with Crippen molar-refractivity contribution in [2.24, 2.45) is 11.8 Å². The van der Waals surface area contributed by atoms with Crippen molar-refractivity contribution in [3.8, 4) is 0 Å². The van der Waals surface area contributed by atoms with Crippen LogP contribution >= 0.6 is 0 Å². The second-order valence-corrected chi connectivity index (χ2v) is 5.38. The lowest BCUT2D eigenvalue weighted by molar-refractivity contribution is 0.408. The molecule has 0 radical (unpaired) electrons. The Kier molecular flexibility index (Phi) is 1.73. The van der Waals surface area contributed by atoms with E-state index in [0.29, 0.717) is 0 Å². The fourth-order valence-corrected chi connectivity index (χ4v) is 4.07. The van der Waals surface area contributed by atoms with Crippen molar-refractivity contribution in [1.82, 2.24) is 0 Å². The summed E-state index contributed by atoms with van der Waals surface area (Å²) in [6.45, 7) is 0. The molecule has 2 saturated heterocycles. The number of fused-ring (bicyclic) bond motifs is 5. The van der Waals surface area contributed by atoms with Crippen molar-refractivity contribution < 1.29 is 0 Å². The third kappa shape index (κ3) is 1.01. The van der Waals surface area contributed by atoms with Crippen molar-refractivity contribution in [2.75, 3.05) is 4.90 Å². The van der Waals surface area contributed by atoms with E-state index in [0.717, 1.165) is 23.9 Å². The van der Waals surface area contributed by atoms with E-state index in [9.17, 15) is 0 Å². The Hall–Kier alpha value is -1.24. The monoisotopic (exact) mass is 211 g/mol. The largest absolute Gasteiger partial charge is 0.365 e. The molecule has 4 unspecified atom stereocenters. The molecular formula is C15H17N. The van der Waals surface area contributed by atoms with Crippen LogP contribution < -0.4 is 4.90 Å². The molecule has 0 N–H and O–H groups in total. The predicted octanol–water partition coefficient (Wildman–Crippen LogP) is 3.23. The van der Waals surface area contributed by atoms with Crippen molar-refractivity contribution in [3.63, 3.8) is 0 Å². The Morgan fingerprint density at radius 2 is 1.50 bits per heavy atom. The molecule has 2 aliphatic heterocycles. The lowest BCUT2D eigenvalue weighted by Gasteiger charge is -2.44. The fraction of sp³-hybridized carbons (Fsp3) is 0.467. The summed E-state index contributed by atoms with van der Waals surface area (Å²) in [5.41, 5.74) is 1.44. The van der Waals surface area contributed by atoms with Crippen LogP contribution in [0.2, 0.25) is 0 Å². The van der Waals surface area contributed by atoms with Gasteiger partial charge < -0.3 is 4.90 Å². The second kappa shape index (κ2) is 3.13. The fourth-order valence-electron chi connectivity index (χ4n) is 4.07. The van der Waals surface area contributed by atoms with Gasteiger partial charge in [0.05, 0.1) is 0 Å². The molecule has 0 aromatic heterocycles. The summed E-state index contributed by atoms with van der Waals surface area (Å²) in [7, 11) is 0. The molecule has 16 heavy (non-hydrogen) atoms. The average Bonchev–Trinajstić information content (AvgIpc) is 2.83. The summed E-state index contributed by atoms with van der Waals surface area (Å²) in [5.74, 6) is 1.88. The van der Waals surface area contributed by atoms with Crippen LogP contribution in [0, 0.1) is 11.8 Å². The SMILES string of the molecule is C1=CCC2C(C1)C1CC2N1c1ccccc1. The van der Waals surface area contributed by atoms with E-state index >= 15 is 0 Å². The molecule has 3 aliphatic rings. The Morgan fingerprint density at radius 3 is 2.12 bits per heavy atom. The number of nitrogens with zero attached hydrogens (tertiary/aromatic N) is 1. The molecule has 1 heteroatoms. The zero-order valence-corrected chi connectivity index (χ0v) is 9.42. The lowest BCUT2D eigenvalue weighted by atomic mass is 9.86. The first kappa shape index (κ1) is 8.86. The third-order valence-electron chi connectivity index (χ3n) is 4.77. The van der Waals surface area contributed by atoms with Gasteiger partial charge >= 0.3 is 0 Å². The van der Waals surface area contributed by atoms with Crippen LogP contribution in [0.15, 0.2) is 42.5 Å². The maximum Gasteiger partial charge on any atom is 0.0371 e. The van der Waals surface area contributed by atoms with Crippen molar-refractivity contribution in [1.29, 1.82) is 0 Å². The third-order valence-corrected chi connectivity index (χ3v) is 4.77. The predicted molar refractivity (Wildman–Crippen MR) is 66.5 cm³/mol. The molecule has 1 aromatic rings. The molecule has 1 aromatic carbocycles. The zero-order valence-electron chi connectivity index (χ0n) is 9.42. The minimum absolute atomic E-state index is 0.836. The standard InChI is InChI=1S/C15H17N/c1-2-6-11(7-3-1)16-14-10-15(16)13-9-5-4-8-12(13)14/h1-7,12-15H,8-10H2. The Bertz CT molecular complexity index is 402. The van der Waals surface area contributed by atoms with Crippen molar-refractivity contribution in [3.05, 3.63) is 42.5 Å². The molecule has 1 aliphatic carbocycles. The molecule has 2 fully saturated rings. The Labute approximate surface area is 96.8 Å². The van der Waals surface area contributed by atoms with Gasteiger partial charge in [0.2, 0.25) is 0 Å². The first-order valence-corrected chi connectivity index (χ1v) is 6.43. The molecular weight excluding hydrogens is 194 g/mol. The molecule has 2 heterocycles. The van der Waals surface area contributed by atoms with Gasteiger partial charge in [-0.1, -0.05) is 30.4 Å². The van der Waals surface area contributed by atoms with Gasteiger partial charge in [0.1, 0.15) is 0 Å². The molecule has 0 amide bonds. The van der Waals surface area contributed by atoms with Crippen molar-refractivity contribution in [2.45, 2.75) is 31.3 Å². The summed E-state index contributed by atoms with van der Waals surface area (Å²) in [5, 5.41) is 0. The first-order chi connectivity index (χ1) is 7.95. The normalized spacial score (nSPS) is 39.4. The highest BCUT2D eigenvalue weighted by molar-refractivity contribution is 5.54. The molecule has 4 rings (SSSR count). The average molecular weight is 211 g/mol. The van der Waals surface area contributed by atoms with E-state index in [1.54, 1.807) is 0 Å². The molecule has 1 nitrogen and oxygen atoms in total. The van der Waals surface area contributed by atoms with E-state index in [2.05, 4.69) is 47.4 Å². The van der Waals surface area contributed by atoms with Crippen LogP contribution in [-0.2, 0) is 0 Å². The van der Waals surface area contributed by atoms with E-state index in [1.807, 2.05) is 0 Å². The maximum atomic E-state index is 2.68. The lowest BCUT2D eigenvalue weighted by Crippen LogP contribution is -2.50. The van der Waals surface area contributed by atoms with E-state index in [4.69, 9.17) is 0 Å². The van der Waals surface area contributed by atoms with Crippen molar-refractivity contribution >= 4 is 5.69 Å². The Morgan fingerprint density at radius 1 is 0.875 bits per heavy atom. The molecule has 2 bridgehead atoms. The maximum absolute atomic E-state index is 2.68. The summed E-state index contributed by atoms with van der Waals surface area (Å²) in [6, 6.07) is 12.6. The van der Waals surface area contributed by atoms with E-state index in [1.165, 1.54) is 24.9 Å². The van der Waals surface area contributed by atoms with Crippen LogP contribution in [0.25, 0.3) is 0 Å². The quantitative estimate of drug-likeness (QED) is 0.645. The number of anilines is 1. The number of hydrogen-bond acceptors (Lipinski definition) is 1. The van der Waals surface area contributed by atoms with Crippen LogP contribution in [-0.4, -0.2) is 12.1 Å². The highest BCUT2D eigenvalue weighted by atomic mass is 15.3. The highest BCUT2D eigenvalue weighted by Gasteiger charge is 2.57. The van der Waals surface area contributed by atoms with E-state index < -0.39 is 0 Å². The number of hydrogen-bond donors (Lipinski definition) is 0. The van der Waals surface area contributed by atoms with Gasteiger partial charge in [0, 0.05) is 17.8 Å². The number of allylic oxidation sites excluding steroid dienone is 2. The van der Waals surface area contributed by atoms with Gasteiger partial charge in [-0.05, 0) is 43.2 Å². The highest BCUT2D eigenvalue weighted by Crippen LogP contribution is 2.54. The number of benzene rings is 1. The van der Waals surface area contributed by atoms with Crippen LogP contribution in [0.5, 0.6) is 0 Å². The topological polar surface area (TPSA) is 3.24 Å². The number of para-hydroxylation sites is 1. The minimum atomic E-state index is 0.836. The summed E-state index contributed by atoms with van der Waals surface area (Å²) >= 11 is 0. The summed E-state index contributed by atoms with van der Waals surface area (Å²) in [4.78, 5) is 2.68. The van der Waals surface area contributed by atoms with Gasteiger partial charge in [0.25, 0.3) is 0 Å². The van der Waals surface area contributed by atoms with Crippen LogP contribution in [0.1, 0.15) is 19.3 Å². The van der Waals surface area contributed by atoms with Gasteiger partial charge in [-0.25, -0.2) is 0 Å². The second-order valence-electron chi connectivity index (χ2n) is 5.38. The molecule has 82 valence electrons. The van der Waals surface area contributed by atoms with Gasteiger partial charge in [-0.15, -0.1) is 0 Å². The van der Waals surface area contributed by atoms with E-state index in [-0.39, 0.29) is 0 Å². The van der Waals surface area contributed by atoms with Gasteiger partial charge in [0.15, 0.2) is 0 Å². The minimum Gasteiger partial charge on any atom is -0.365 e. The molecule has 0 saturated carbocycles. The molecule has 0 spiro atoms. The smallest absolute Gasteiger partial charge is 0.0371 e. The van der Waals surface area contributed by atoms with Crippen LogP contribution in [0.4, 0.5) is 5.69 Å². The van der Waals surface area contributed by atoms with Gasteiger partial charge in [-0.3, -0.25) is 0 Å². The first-order valence-electron chi connectivity index (χ1n) is 6.43. The Balaban J connectivity index is 1.67. The molecule has 4 atom stereocenters. The summed E-state index contributed by atoms with van der Waals surface area (Å²) < 4.78 is 0. The number of rotatable bonds is 1. The zero-order chi connectivity index (χ0) is 10.5. The van der Waals surface area contributed by atoms with Crippen LogP contribution in [0.3, 0.4) is 0 Å². The summed E-state index contributed by atoms with van der Waals surface area (Å²) in [6.07, 6.45) is 8.85.